The number of likely N-dealkylation sites (tertiary alicyclic amines) is 1. The van der Waals surface area contributed by atoms with E-state index >= 15 is 0 Å². The third-order valence-electron chi connectivity index (χ3n) is 9.37. The summed E-state index contributed by atoms with van der Waals surface area (Å²) in [6.45, 7) is 0.732. The van der Waals surface area contributed by atoms with E-state index in [9.17, 15) is 32.3 Å². The Hall–Kier alpha value is -3.57. The van der Waals surface area contributed by atoms with Gasteiger partial charge in [-0.2, -0.15) is 4.39 Å². The van der Waals surface area contributed by atoms with E-state index in [0.717, 1.165) is 36.3 Å². The lowest BCUT2D eigenvalue weighted by Gasteiger charge is -2.34. The summed E-state index contributed by atoms with van der Waals surface area (Å²) in [6.07, 6.45) is 4.50. The second kappa shape index (κ2) is 10.6. The lowest BCUT2D eigenvalue weighted by atomic mass is 9.88. The molecule has 3 fully saturated rings. The van der Waals surface area contributed by atoms with Gasteiger partial charge < -0.3 is 20.6 Å². The van der Waals surface area contributed by atoms with Crippen LogP contribution in [0.2, 0.25) is 0 Å². The van der Waals surface area contributed by atoms with Crippen LogP contribution < -0.4 is 10.6 Å². The Labute approximate surface area is 244 Å². The molecule has 0 radical (unpaired) electrons. The van der Waals surface area contributed by atoms with Gasteiger partial charge in [-0.25, -0.2) is 8.42 Å². The molecule has 0 aromatic heterocycles. The van der Waals surface area contributed by atoms with Crippen molar-refractivity contribution in [3.05, 3.63) is 70.9 Å². The first-order chi connectivity index (χ1) is 20.0. The summed E-state index contributed by atoms with van der Waals surface area (Å²) in [5.41, 5.74) is 0.418. The van der Waals surface area contributed by atoms with Crippen LogP contribution in [0.5, 0.6) is 0 Å². The first-order valence-electron chi connectivity index (χ1n) is 14.4. The summed E-state index contributed by atoms with van der Waals surface area (Å²) in [6, 6.07) is 12.3. The number of aliphatic hydroxyl groups is 1. The van der Waals surface area contributed by atoms with Gasteiger partial charge in [-0.3, -0.25) is 14.4 Å². The van der Waals surface area contributed by atoms with Crippen LogP contribution in [-0.2, 0) is 29.8 Å². The number of carbonyl (C=O) groups excluding carboxylic acids is 3. The Morgan fingerprint density at radius 2 is 1.76 bits per heavy atom. The molecule has 2 aliphatic heterocycles. The zero-order valence-electron chi connectivity index (χ0n) is 23.3. The van der Waals surface area contributed by atoms with Crippen LogP contribution in [0.15, 0.2) is 59.8 Å². The fraction of sp³-hybridized carbons (Fsp3) is 0.452. The standard InChI is InChI=1S/C31H34FN3O6S/c1-42(40,41)26(32)16-20(15-18-13-14-33-28(18)36)34-29(37)27-21-10-6-7-19(21)17-35(27)30(38)31(39)24-11-4-2-8-22(24)23-9-3-5-12-25(23)31/h2-5,8-9,11-12,16,18-21,27,39H,6-7,10,13-15,17H2,1H3,(H,33,36)(H,34,37)/b26-16+/t18-,19-,20+,21-,27+/m0/s1. The van der Waals surface area contributed by atoms with E-state index in [4.69, 9.17) is 0 Å². The van der Waals surface area contributed by atoms with Gasteiger partial charge in [-0.1, -0.05) is 55.0 Å². The molecule has 9 nitrogen and oxygen atoms in total. The highest BCUT2D eigenvalue weighted by Gasteiger charge is 2.56. The molecule has 4 aliphatic rings. The molecule has 2 heterocycles. The van der Waals surface area contributed by atoms with Crippen molar-refractivity contribution in [2.24, 2.45) is 17.8 Å². The number of hydrogen-bond acceptors (Lipinski definition) is 6. The van der Waals surface area contributed by atoms with E-state index in [0.29, 0.717) is 30.5 Å². The first-order valence-corrected chi connectivity index (χ1v) is 16.3. The Bertz CT molecular complexity index is 1540. The summed E-state index contributed by atoms with van der Waals surface area (Å²) >= 11 is 0. The molecule has 222 valence electrons. The summed E-state index contributed by atoms with van der Waals surface area (Å²) in [7, 11) is -4.17. The van der Waals surface area contributed by atoms with Crippen molar-refractivity contribution in [1.82, 2.24) is 15.5 Å². The number of rotatable bonds is 7. The smallest absolute Gasteiger partial charge is 0.264 e. The van der Waals surface area contributed by atoms with E-state index in [2.05, 4.69) is 10.6 Å². The number of nitrogens with zero attached hydrogens (tertiary/aromatic N) is 1. The quantitative estimate of drug-likeness (QED) is 0.451. The van der Waals surface area contributed by atoms with Gasteiger partial charge in [0.2, 0.25) is 26.8 Å². The van der Waals surface area contributed by atoms with E-state index in [1.807, 2.05) is 24.3 Å². The number of carbonyl (C=O) groups is 3. The third-order valence-corrected chi connectivity index (χ3v) is 10.2. The number of hydrogen-bond donors (Lipinski definition) is 3. The lowest BCUT2D eigenvalue weighted by Crippen LogP contribution is -2.55. The fourth-order valence-corrected chi connectivity index (χ4v) is 7.81. The molecule has 2 saturated heterocycles. The molecule has 5 atom stereocenters. The summed E-state index contributed by atoms with van der Waals surface area (Å²) in [5, 5.41) is 16.3. The van der Waals surface area contributed by atoms with Crippen molar-refractivity contribution in [3.63, 3.8) is 0 Å². The number of amides is 3. The minimum atomic E-state index is -4.17. The normalized spacial score (nSPS) is 26.8. The highest BCUT2D eigenvalue weighted by Crippen LogP contribution is 2.50. The highest BCUT2D eigenvalue weighted by molar-refractivity contribution is 7.94. The van der Waals surface area contributed by atoms with Crippen LogP contribution in [0.3, 0.4) is 0 Å². The van der Waals surface area contributed by atoms with E-state index in [-0.39, 0.29) is 30.7 Å². The second-order valence-electron chi connectivity index (χ2n) is 11.9. The molecule has 42 heavy (non-hydrogen) atoms. The van der Waals surface area contributed by atoms with Gasteiger partial charge in [0.05, 0.1) is 6.04 Å². The molecule has 0 spiro atoms. The van der Waals surface area contributed by atoms with Gasteiger partial charge in [0.25, 0.3) is 5.91 Å². The van der Waals surface area contributed by atoms with Gasteiger partial charge in [-0.15, -0.1) is 0 Å². The van der Waals surface area contributed by atoms with Crippen LogP contribution in [0.4, 0.5) is 4.39 Å². The molecule has 1 saturated carbocycles. The molecule has 3 N–H and O–H groups in total. The predicted octanol–water partition coefficient (Wildman–Crippen LogP) is 2.40. The Morgan fingerprint density at radius 3 is 2.36 bits per heavy atom. The monoisotopic (exact) mass is 595 g/mol. The molecule has 2 aromatic rings. The second-order valence-corrected chi connectivity index (χ2v) is 13.9. The van der Waals surface area contributed by atoms with E-state index < -0.39 is 50.4 Å². The van der Waals surface area contributed by atoms with Gasteiger partial charge >= 0.3 is 0 Å². The topological polar surface area (TPSA) is 133 Å². The van der Waals surface area contributed by atoms with Gasteiger partial charge in [-0.05, 0) is 54.7 Å². The lowest BCUT2D eigenvalue weighted by molar-refractivity contribution is -0.152. The largest absolute Gasteiger partial charge is 0.372 e. The molecule has 2 aromatic carbocycles. The summed E-state index contributed by atoms with van der Waals surface area (Å²) < 4.78 is 38.4. The molecular weight excluding hydrogens is 561 g/mol. The maximum atomic E-state index is 14.6. The minimum Gasteiger partial charge on any atom is -0.372 e. The number of fused-ring (bicyclic) bond motifs is 4. The number of nitrogens with one attached hydrogen (secondary N) is 2. The Morgan fingerprint density at radius 1 is 1.12 bits per heavy atom. The summed E-state index contributed by atoms with van der Waals surface area (Å²) in [4.78, 5) is 42.2. The highest BCUT2D eigenvalue weighted by atomic mass is 32.2. The number of sulfone groups is 1. The van der Waals surface area contributed by atoms with Crippen molar-refractivity contribution in [2.75, 3.05) is 19.3 Å². The van der Waals surface area contributed by atoms with Crippen LogP contribution in [0, 0.1) is 17.8 Å². The molecule has 3 amide bonds. The van der Waals surface area contributed by atoms with Gasteiger partial charge in [0.1, 0.15) is 6.04 Å². The van der Waals surface area contributed by atoms with Gasteiger partial charge in [0.15, 0.2) is 5.60 Å². The third kappa shape index (κ3) is 4.72. The SMILES string of the molecule is CS(=O)(=O)/C(F)=C/[C@@H](C[C@@H]1CCNC1=O)NC(=O)[C@H]1[C@H]2CCC[C@H]2CN1C(=O)C1(O)c2ccccc2-c2ccccc21. The summed E-state index contributed by atoms with van der Waals surface area (Å²) in [5.74, 6) is -2.02. The van der Waals surface area contributed by atoms with Crippen LogP contribution >= 0.6 is 0 Å². The van der Waals surface area contributed by atoms with Crippen LogP contribution in [0.25, 0.3) is 11.1 Å². The molecule has 2 aliphatic carbocycles. The van der Waals surface area contributed by atoms with Crippen molar-refractivity contribution in [1.29, 1.82) is 0 Å². The van der Waals surface area contributed by atoms with E-state index in [1.54, 1.807) is 24.3 Å². The molecular formula is C31H34FN3O6S. The zero-order chi connectivity index (χ0) is 29.8. The molecule has 6 rings (SSSR count). The first kappa shape index (κ1) is 28.5. The Kier molecular flexibility index (Phi) is 7.21. The average molecular weight is 596 g/mol. The van der Waals surface area contributed by atoms with Crippen molar-refractivity contribution >= 4 is 27.6 Å². The Balaban J connectivity index is 1.34. The predicted molar refractivity (Wildman–Crippen MR) is 153 cm³/mol. The van der Waals surface area contributed by atoms with Crippen molar-refractivity contribution in [2.45, 2.75) is 49.8 Å². The van der Waals surface area contributed by atoms with Gasteiger partial charge in [0, 0.05) is 36.4 Å². The molecule has 11 heteroatoms. The van der Waals surface area contributed by atoms with Crippen molar-refractivity contribution in [3.8, 4) is 11.1 Å². The van der Waals surface area contributed by atoms with Crippen molar-refractivity contribution < 1.29 is 32.3 Å². The number of halogens is 1. The van der Waals surface area contributed by atoms with E-state index in [1.165, 1.54) is 4.90 Å². The number of benzene rings is 2. The average Bonchev–Trinajstić information content (AvgIpc) is 3.72. The minimum absolute atomic E-state index is 0.0139. The van der Waals surface area contributed by atoms with Crippen LogP contribution in [0.1, 0.15) is 43.2 Å². The maximum absolute atomic E-state index is 14.6. The fourth-order valence-electron chi connectivity index (χ4n) is 7.40. The molecule has 0 bridgehead atoms. The van der Waals surface area contributed by atoms with Crippen LogP contribution in [-0.4, -0.2) is 67.6 Å². The molecule has 0 unspecified atom stereocenters. The maximum Gasteiger partial charge on any atom is 0.264 e. The zero-order valence-corrected chi connectivity index (χ0v) is 24.1.